The van der Waals surface area contributed by atoms with Crippen LogP contribution in [-0.4, -0.2) is 34.7 Å². The molecule has 0 aromatic carbocycles. The standard InChI is InChI=1S/C13H18N2O4/c1-3-18-13(17)10-8-11(9(2)16)15(14-10)12-6-4-5-7-19-12/h8,12H,3-7H2,1-2H3. The molecule has 0 saturated carbocycles. The van der Waals surface area contributed by atoms with E-state index in [0.717, 1.165) is 19.3 Å². The van der Waals surface area contributed by atoms with E-state index in [4.69, 9.17) is 9.47 Å². The fourth-order valence-corrected chi connectivity index (χ4v) is 2.10. The van der Waals surface area contributed by atoms with Gasteiger partial charge in [0.25, 0.3) is 0 Å². The van der Waals surface area contributed by atoms with E-state index in [-0.39, 0.29) is 24.3 Å². The van der Waals surface area contributed by atoms with Gasteiger partial charge < -0.3 is 9.47 Å². The smallest absolute Gasteiger partial charge is 0.358 e. The summed E-state index contributed by atoms with van der Waals surface area (Å²) in [5.41, 5.74) is 0.538. The van der Waals surface area contributed by atoms with Crippen LogP contribution in [-0.2, 0) is 9.47 Å². The second-order valence-corrected chi connectivity index (χ2v) is 4.46. The first-order chi connectivity index (χ1) is 9.13. The molecule has 1 aromatic rings. The van der Waals surface area contributed by atoms with Crippen molar-refractivity contribution in [3.05, 3.63) is 17.5 Å². The van der Waals surface area contributed by atoms with E-state index in [9.17, 15) is 9.59 Å². The number of rotatable bonds is 4. The molecule has 0 radical (unpaired) electrons. The maximum absolute atomic E-state index is 11.7. The van der Waals surface area contributed by atoms with Gasteiger partial charge in [0.15, 0.2) is 17.7 Å². The lowest BCUT2D eigenvalue weighted by Crippen LogP contribution is -2.22. The Morgan fingerprint density at radius 3 is 2.89 bits per heavy atom. The van der Waals surface area contributed by atoms with Gasteiger partial charge in [0.1, 0.15) is 5.69 Å². The van der Waals surface area contributed by atoms with Crippen LogP contribution in [0.15, 0.2) is 6.07 Å². The predicted octanol–water partition coefficient (Wildman–Crippen LogP) is 1.96. The lowest BCUT2D eigenvalue weighted by Gasteiger charge is -2.23. The van der Waals surface area contributed by atoms with Crippen LogP contribution in [0.25, 0.3) is 0 Å². The number of carbonyl (C=O) groups is 2. The largest absolute Gasteiger partial charge is 0.461 e. The van der Waals surface area contributed by atoms with Crippen molar-refractivity contribution in [1.82, 2.24) is 9.78 Å². The van der Waals surface area contributed by atoms with Crippen LogP contribution in [0.1, 0.15) is 60.3 Å². The zero-order chi connectivity index (χ0) is 13.8. The van der Waals surface area contributed by atoms with Crippen LogP contribution in [0.5, 0.6) is 0 Å². The molecule has 1 aliphatic heterocycles. The fraction of sp³-hybridized carbons (Fsp3) is 0.615. The SMILES string of the molecule is CCOC(=O)c1cc(C(C)=O)n(C2CCCCO2)n1. The van der Waals surface area contributed by atoms with Crippen molar-refractivity contribution in [3.63, 3.8) is 0 Å². The first kappa shape index (κ1) is 13.7. The lowest BCUT2D eigenvalue weighted by atomic mass is 10.2. The number of nitrogens with zero attached hydrogens (tertiary/aromatic N) is 2. The van der Waals surface area contributed by atoms with E-state index in [0.29, 0.717) is 12.3 Å². The zero-order valence-corrected chi connectivity index (χ0v) is 11.2. The molecule has 1 unspecified atom stereocenters. The Balaban J connectivity index is 2.29. The number of ketones is 1. The minimum Gasteiger partial charge on any atom is -0.461 e. The highest BCUT2D eigenvalue weighted by atomic mass is 16.5. The molecule has 2 heterocycles. The van der Waals surface area contributed by atoms with E-state index in [1.54, 1.807) is 6.92 Å². The van der Waals surface area contributed by atoms with Crippen molar-refractivity contribution >= 4 is 11.8 Å². The molecule has 2 rings (SSSR count). The summed E-state index contributed by atoms with van der Waals surface area (Å²) in [6.45, 7) is 4.11. The van der Waals surface area contributed by atoms with Gasteiger partial charge in [-0.15, -0.1) is 0 Å². The fourth-order valence-electron chi connectivity index (χ4n) is 2.10. The minimum absolute atomic E-state index is 0.141. The number of hydrogen-bond acceptors (Lipinski definition) is 5. The lowest BCUT2D eigenvalue weighted by molar-refractivity contribution is -0.0407. The van der Waals surface area contributed by atoms with Crippen molar-refractivity contribution in [1.29, 1.82) is 0 Å². The third-order valence-electron chi connectivity index (χ3n) is 3.01. The van der Waals surface area contributed by atoms with Crippen LogP contribution >= 0.6 is 0 Å². The first-order valence-electron chi connectivity index (χ1n) is 6.52. The zero-order valence-electron chi connectivity index (χ0n) is 11.2. The van der Waals surface area contributed by atoms with Crippen molar-refractivity contribution in [3.8, 4) is 0 Å². The number of aromatic nitrogens is 2. The molecule has 0 bridgehead atoms. The van der Waals surface area contributed by atoms with Crippen molar-refractivity contribution in [2.24, 2.45) is 0 Å². The molecule has 1 aliphatic rings. The molecule has 1 aromatic heterocycles. The maximum Gasteiger partial charge on any atom is 0.358 e. The monoisotopic (exact) mass is 266 g/mol. The molecule has 0 amide bonds. The van der Waals surface area contributed by atoms with Gasteiger partial charge in [-0.2, -0.15) is 5.10 Å². The Bertz CT molecular complexity index is 475. The molecule has 19 heavy (non-hydrogen) atoms. The minimum atomic E-state index is -0.514. The first-order valence-corrected chi connectivity index (χ1v) is 6.52. The van der Waals surface area contributed by atoms with Crippen molar-refractivity contribution in [2.75, 3.05) is 13.2 Å². The summed E-state index contributed by atoms with van der Waals surface area (Å²) < 4.78 is 12.0. The molecule has 104 valence electrons. The topological polar surface area (TPSA) is 70.4 Å². The average Bonchev–Trinajstić information content (AvgIpc) is 2.85. The maximum atomic E-state index is 11.7. The third kappa shape index (κ3) is 3.01. The average molecular weight is 266 g/mol. The van der Waals surface area contributed by atoms with Crippen LogP contribution in [0, 0.1) is 0 Å². The van der Waals surface area contributed by atoms with Gasteiger partial charge in [0.2, 0.25) is 0 Å². The van der Waals surface area contributed by atoms with Gasteiger partial charge >= 0.3 is 5.97 Å². The highest BCUT2D eigenvalue weighted by Crippen LogP contribution is 2.24. The summed E-state index contributed by atoms with van der Waals surface area (Å²) in [7, 11) is 0. The molecule has 6 nitrogen and oxygen atoms in total. The van der Waals surface area contributed by atoms with Crippen LogP contribution in [0.3, 0.4) is 0 Å². The highest BCUT2D eigenvalue weighted by molar-refractivity contribution is 5.96. The van der Waals surface area contributed by atoms with Crippen molar-refractivity contribution < 1.29 is 19.1 Å². The van der Waals surface area contributed by atoms with Crippen molar-refractivity contribution in [2.45, 2.75) is 39.3 Å². The molecular weight excluding hydrogens is 248 g/mol. The van der Waals surface area contributed by atoms with E-state index < -0.39 is 5.97 Å². The quantitative estimate of drug-likeness (QED) is 0.615. The van der Waals surface area contributed by atoms with Crippen LogP contribution in [0.4, 0.5) is 0 Å². The molecule has 6 heteroatoms. The summed E-state index contributed by atoms with van der Waals surface area (Å²) in [4.78, 5) is 23.3. The van der Waals surface area contributed by atoms with Gasteiger partial charge in [0.05, 0.1) is 6.61 Å². The van der Waals surface area contributed by atoms with E-state index in [2.05, 4.69) is 5.10 Å². The summed E-state index contributed by atoms with van der Waals surface area (Å²) in [5.74, 6) is -0.656. The Kier molecular flexibility index (Phi) is 4.31. The predicted molar refractivity (Wildman–Crippen MR) is 67.0 cm³/mol. The number of Topliss-reactive ketones (excluding diaryl/α,β-unsaturated/α-hetero) is 1. The van der Waals surface area contributed by atoms with Crippen LogP contribution < -0.4 is 0 Å². The van der Waals surface area contributed by atoms with Crippen LogP contribution in [0.2, 0.25) is 0 Å². The molecule has 0 spiro atoms. The van der Waals surface area contributed by atoms with E-state index >= 15 is 0 Å². The summed E-state index contributed by atoms with van der Waals surface area (Å²) in [6, 6.07) is 1.47. The van der Waals surface area contributed by atoms with Gasteiger partial charge in [-0.25, -0.2) is 9.48 Å². The van der Waals surface area contributed by atoms with Gasteiger partial charge in [0, 0.05) is 19.6 Å². The van der Waals surface area contributed by atoms with E-state index in [1.165, 1.54) is 17.7 Å². The number of ether oxygens (including phenoxy) is 2. The molecular formula is C13H18N2O4. The molecule has 0 aliphatic carbocycles. The molecule has 1 saturated heterocycles. The second-order valence-electron chi connectivity index (χ2n) is 4.46. The Hall–Kier alpha value is -1.69. The summed E-state index contributed by atoms with van der Waals surface area (Å²) in [5, 5.41) is 4.17. The molecule has 0 N–H and O–H groups in total. The van der Waals surface area contributed by atoms with Gasteiger partial charge in [-0.05, 0) is 26.2 Å². The van der Waals surface area contributed by atoms with E-state index in [1.807, 2.05) is 0 Å². The summed E-state index contributed by atoms with van der Waals surface area (Å²) in [6.07, 6.45) is 2.56. The second kappa shape index (κ2) is 5.97. The summed E-state index contributed by atoms with van der Waals surface area (Å²) >= 11 is 0. The Morgan fingerprint density at radius 1 is 1.53 bits per heavy atom. The molecule has 1 fully saturated rings. The highest BCUT2D eigenvalue weighted by Gasteiger charge is 2.24. The normalized spacial score (nSPS) is 19.2. The molecule has 1 atom stereocenters. The number of esters is 1. The van der Waals surface area contributed by atoms with Gasteiger partial charge in [-0.1, -0.05) is 0 Å². The Morgan fingerprint density at radius 2 is 2.32 bits per heavy atom. The number of hydrogen-bond donors (Lipinski definition) is 0. The van der Waals surface area contributed by atoms with Gasteiger partial charge in [-0.3, -0.25) is 4.79 Å². The Labute approximate surface area is 111 Å². The third-order valence-corrected chi connectivity index (χ3v) is 3.01. The number of carbonyl (C=O) groups excluding carboxylic acids is 2.